The molecule has 1 heterocycles. The predicted octanol–water partition coefficient (Wildman–Crippen LogP) is 0.928. The summed E-state index contributed by atoms with van der Waals surface area (Å²) in [5, 5.41) is 11.1. The van der Waals surface area contributed by atoms with Crippen molar-refractivity contribution in [3.63, 3.8) is 0 Å². The Hall–Kier alpha value is -1.79. The Balaban J connectivity index is 1.87. The minimum atomic E-state index is -0.383. The van der Waals surface area contributed by atoms with Gasteiger partial charge < -0.3 is 4.74 Å². The molecule has 1 fully saturated rings. The average Bonchev–Trinajstić information content (AvgIpc) is 3.02. The molecular formula is C13H20N4O3. The summed E-state index contributed by atoms with van der Waals surface area (Å²) < 4.78 is 6.25. The van der Waals surface area contributed by atoms with Crippen LogP contribution in [0.1, 0.15) is 44.9 Å². The highest BCUT2D eigenvalue weighted by Crippen LogP contribution is 2.27. The Labute approximate surface area is 117 Å². The summed E-state index contributed by atoms with van der Waals surface area (Å²) >= 11 is 0. The molecule has 1 aliphatic carbocycles. The monoisotopic (exact) mass is 280 g/mol. The van der Waals surface area contributed by atoms with Gasteiger partial charge in [-0.15, -0.1) is 5.10 Å². The lowest BCUT2D eigenvalue weighted by Gasteiger charge is -2.08. The van der Waals surface area contributed by atoms with E-state index in [1.165, 1.54) is 17.5 Å². The Bertz CT molecular complexity index is 466. The quantitative estimate of drug-likeness (QED) is 0.690. The molecule has 0 aromatic carbocycles. The Morgan fingerprint density at radius 3 is 2.80 bits per heavy atom. The number of ether oxygens (including phenoxy) is 1. The molecule has 1 saturated carbocycles. The third kappa shape index (κ3) is 4.11. The molecule has 7 heteroatoms. The van der Waals surface area contributed by atoms with Crippen LogP contribution < -0.4 is 0 Å². The normalized spacial score (nSPS) is 15.4. The molecular weight excluding hydrogens is 260 g/mol. The molecule has 0 amide bonds. The molecule has 0 aliphatic heterocycles. The van der Waals surface area contributed by atoms with E-state index >= 15 is 0 Å². The number of tetrazole rings is 1. The zero-order valence-corrected chi connectivity index (χ0v) is 11.7. The van der Waals surface area contributed by atoms with Crippen LogP contribution in [0.3, 0.4) is 0 Å². The van der Waals surface area contributed by atoms with Crippen LogP contribution in [-0.2, 0) is 27.3 Å². The van der Waals surface area contributed by atoms with Crippen molar-refractivity contribution in [3.05, 3.63) is 5.82 Å². The van der Waals surface area contributed by atoms with Gasteiger partial charge in [-0.2, -0.15) is 0 Å². The Morgan fingerprint density at radius 2 is 2.10 bits per heavy atom. The number of hydrogen-bond donors (Lipinski definition) is 0. The van der Waals surface area contributed by atoms with Crippen LogP contribution in [0.4, 0.5) is 0 Å². The zero-order valence-electron chi connectivity index (χ0n) is 11.7. The van der Waals surface area contributed by atoms with Crippen LogP contribution >= 0.6 is 0 Å². The predicted molar refractivity (Wildman–Crippen MR) is 69.7 cm³/mol. The molecule has 0 unspecified atom stereocenters. The molecule has 0 bridgehead atoms. The van der Waals surface area contributed by atoms with Gasteiger partial charge in [-0.25, -0.2) is 4.68 Å². The third-order valence-electron chi connectivity index (χ3n) is 3.53. The van der Waals surface area contributed by atoms with Crippen molar-refractivity contribution in [2.75, 3.05) is 6.61 Å². The number of ketones is 1. The molecule has 20 heavy (non-hydrogen) atoms. The number of rotatable bonds is 7. The number of aromatic nitrogens is 4. The second-order valence-corrected chi connectivity index (χ2v) is 5.13. The van der Waals surface area contributed by atoms with Gasteiger partial charge in [0.2, 0.25) is 0 Å². The van der Waals surface area contributed by atoms with Crippen molar-refractivity contribution in [3.8, 4) is 0 Å². The fourth-order valence-electron chi connectivity index (χ4n) is 2.58. The van der Waals surface area contributed by atoms with Crippen LogP contribution in [0.2, 0.25) is 0 Å². The number of Topliss-reactive ketones (excluding diaryl/α,β-unsaturated/α-hetero) is 1. The molecule has 1 aromatic rings. The maximum Gasteiger partial charge on any atom is 0.313 e. The van der Waals surface area contributed by atoms with Gasteiger partial charge in [0.15, 0.2) is 11.6 Å². The van der Waals surface area contributed by atoms with E-state index in [4.69, 9.17) is 4.74 Å². The Morgan fingerprint density at radius 1 is 1.35 bits per heavy atom. The first kappa shape index (κ1) is 14.6. The van der Waals surface area contributed by atoms with Crippen molar-refractivity contribution >= 4 is 11.8 Å². The van der Waals surface area contributed by atoms with E-state index in [2.05, 4.69) is 15.5 Å². The summed E-state index contributed by atoms with van der Waals surface area (Å²) in [7, 11) is 0. The van der Waals surface area contributed by atoms with Gasteiger partial charge in [-0.05, 0) is 23.3 Å². The van der Waals surface area contributed by atoms with Gasteiger partial charge in [0.05, 0.1) is 6.61 Å². The summed E-state index contributed by atoms with van der Waals surface area (Å²) in [5.74, 6) is 0.622. The van der Waals surface area contributed by atoms with Crippen LogP contribution in [-0.4, -0.2) is 38.6 Å². The van der Waals surface area contributed by atoms with E-state index in [-0.39, 0.29) is 24.7 Å². The first-order valence-corrected chi connectivity index (χ1v) is 7.11. The number of carbonyl (C=O) groups excluding carboxylic acids is 2. The standard InChI is InChI=1S/C13H20N4O3/c1-2-20-13(19)8-12-14-15-16-17(12)9-11(18)7-10-5-3-4-6-10/h10H,2-9H2,1H3. The number of nitrogens with zero attached hydrogens (tertiary/aromatic N) is 4. The van der Waals surface area contributed by atoms with Gasteiger partial charge in [-0.3, -0.25) is 9.59 Å². The third-order valence-corrected chi connectivity index (χ3v) is 3.53. The molecule has 0 radical (unpaired) electrons. The van der Waals surface area contributed by atoms with Gasteiger partial charge in [-0.1, -0.05) is 25.7 Å². The highest BCUT2D eigenvalue weighted by molar-refractivity contribution is 5.78. The second-order valence-electron chi connectivity index (χ2n) is 5.13. The summed E-state index contributed by atoms with van der Waals surface area (Å²) in [6.07, 6.45) is 5.29. The molecule has 110 valence electrons. The van der Waals surface area contributed by atoms with Crippen LogP contribution in [0.5, 0.6) is 0 Å². The average molecular weight is 280 g/mol. The molecule has 0 saturated heterocycles. The topological polar surface area (TPSA) is 87.0 Å². The van der Waals surface area contributed by atoms with Gasteiger partial charge in [0.1, 0.15) is 13.0 Å². The van der Waals surface area contributed by atoms with Gasteiger partial charge in [0.25, 0.3) is 0 Å². The molecule has 2 rings (SSSR count). The van der Waals surface area contributed by atoms with Crippen LogP contribution in [0.25, 0.3) is 0 Å². The lowest BCUT2D eigenvalue weighted by molar-refractivity contribution is -0.142. The zero-order chi connectivity index (χ0) is 14.4. The maximum atomic E-state index is 12.0. The van der Waals surface area contributed by atoms with E-state index in [0.29, 0.717) is 24.8 Å². The van der Waals surface area contributed by atoms with E-state index in [1.54, 1.807) is 6.92 Å². The van der Waals surface area contributed by atoms with E-state index in [0.717, 1.165) is 12.8 Å². The highest BCUT2D eigenvalue weighted by Gasteiger charge is 2.20. The lowest BCUT2D eigenvalue weighted by Crippen LogP contribution is -2.19. The fourth-order valence-corrected chi connectivity index (χ4v) is 2.58. The molecule has 1 aliphatic rings. The second kappa shape index (κ2) is 7.12. The largest absolute Gasteiger partial charge is 0.466 e. The molecule has 1 aromatic heterocycles. The summed E-state index contributed by atoms with van der Waals surface area (Å²) in [4.78, 5) is 23.4. The first-order valence-electron chi connectivity index (χ1n) is 7.11. The van der Waals surface area contributed by atoms with Crippen molar-refractivity contribution in [1.29, 1.82) is 0 Å². The van der Waals surface area contributed by atoms with Crippen LogP contribution in [0, 0.1) is 5.92 Å². The number of carbonyl (C=O) groups is 2. The van der Waals surface area contributed by atoms with E-state index < -0.39 is 0 Å². The summed E-state index contributed by atoms with van der Waals surface area (Å²) in [6.45, 7) is 2.20. The van der Waals surface area contributed by atoms with Crippen molar-refractivity contribution < 1.29 is 14.3 Å². The van der Waals surface area contributed by atoms with Crippen molar-refractivity contribution in [2.24, 2.45) is 5.92 Å². The van der Waals surface area contributed by atoms with Crippen molar-refractivity contribution in [1.82, 2.24) is 20.2 Å². The minimum absolute atomic E-state index is 0.00243. The van der Waals surface area contributed by atoms with Gasteiger partial charge in [0, 0.05) is 6.42 Å². The summed E-state index contributed by atoms with van der Waals surface area (Å²) in [6, 6.07) is 0. The highest BCUT2D eigenvalue weighted by atomic mass is 16.5. The fraction of sp³-hybridized carbons (Fsp3) is 0.769. The number of hydrogen-bond acceptors (Lipinski definition) is 6. The van der Waals surface area contributed by atoms with E-state index in [1.807, 2.05) is 0 Å². The summed E-state index contributed by atoms with van der Waals surface area (Å²) in [5.41, 5.74) is 0. The molecule has 0 N–H and O–H groups in total. The molecule has 0 atom stereocenters. The van der Waals surface area contributed by atoms with Gasteiger partial charge >= 0.3 is 5.97 Å². The van der Waals surface area contributed by atoms with E-state index in [9.17, 15) is 9.59 Å². The SMILES string of the molecule is CCOC(=O)Cc1nnnn1CC(=O)CC1CCCC1. The van der Waals surface area contributed by atoms with Crippen molar-refractivity contribution in [2.45, 2.75) is 52.0 Å². The maximum absolute atomic E-state index is 12.0. The lowest BCUT2D eigenvalue weighted by atomic mass is 10.0. The number of esters is 1. The molecule has 0 spiro atoms. The smallest absolute Gasteiger partial charge is 0.313 e. The molecule has 7 nitrogen and oxygen atoms in total. The minimum Gasteiger partial charge on any atom is -0.466 e. The Kier molecular flexibility index (Phi) is 5.20. The van der Waals surface area contributed by atoms with Crippen LogP contribution in [0.15, 0.2) is 0 Å². The first-order chi connectivity index (χ1) is 9.69.